The van der Waals surface area contributed by atoms with Crippen molar-refractivity contribution in [1.29, 1.82) is 0 Å². The molecular weight excluding hydrogens is 272 g/mol. The highest BCUT2D eigenvalue weighted by molar-refractivity contribution is 7.13. The van der Waals surface area contributed by atoms with Crippen LogP contribution in [0.1, 0.15) is 21.6 Å². The number of amides is 1. The van der Waals surface area contributed by atoms with E-state index < -0.39 is 0 Å². The Labute approximate surface area is 122 Å². The van der Waals surface area contributed by atoms with Crippen LogP contribution in [0, 0.1) is 6.92 Å². The molecule has 0 saturated carbocycles. The van der Waals surface area contributed by atoms with Gasteiger partial charge in [0.25, 0.3) is 5.91 Å². The van der Waals surface area contributed by atoms with Gasteiger partial charge in [0.1, 0.15) is 0 Å². The average Bonchev–Trinajstić information content (AvgIpc) is 2.84. The molecule has 0 spiro atoms. The van der Waals surface area contributed by atoms with Gasteiger partial charge in [-0.15, -0.1) is 11.3 Å². The molecular formula is C14H16N4OS. The molecule has 1 heterocycles. The maximum Gasteiger partial charge on any atom is 0.254 e. The topological polar surface area (TPSA) is 57.6 Å². The Morgan fingerprint density at radius 2 is 2.15 bits per heavy atom. The van der Waals surface area contributed by atoms with Gasteiger partial charge in [-0.05, 0) is 13.0 Å². The predicted octanol–water partition coefficient (Wildman–Crippen LogP) is 2.60. The summed E-state index contributed by atoms with van der Waals surface area (Å²) in [5.74, 6) is -0.0443. The predicted molar refractivity (Wildman–Crippen MR) is 82.5 cm³/mol. The minimum atomic E-state index is -0.0443. The number of thiazole rings is 1. The number of nitrogens with one attached hydrogen (secondary N) is 1. The molecule has 1 N–H and O–H groups in total. The van der Waals surface area contributed by atoms with Crippen molar-refractivity contribution < 1.29 is 4.79 Å². The molecule has 5 nitrogen and oxygen atoms in total. The van der Waals surface area contributed by atoms with E-state index >= 15 is 0 Å². The van der Waals surface area contributed by atoms with Gasteiger partial charge in [0.2, 0.25) is 5.13 Å². The van der Waals surface area contributed by atoms with Crippen LogP contribution in [0.3, 0.4) is 0 Å². The Morgan fingerprint density at radius 1 is 1.40 bits per heavy atom. The van der Waals surface area contributed by atoms with Gasteiger partial charge in [-0.3, -0.25) is 10.2 Å². The molecule has 0 radical (unpaired) electrons. The number of nitrogens with zero attached hydrogens (tertiary/aromatic N) is 3. The quantitative estimate of drug-likeness (QED) is 0.695. The summed E-state index contributed by atoms with van der Waals surface area (Å²) in [5.41, 5.74) is 5.21. The smallest absolute Gasteiger partial charge is 0.254 e. The second-order valence-corrected chi connectivity index (χ2v) is 5.31. The van der Waals surface area contributed by atoms with Crippen molar-refractivity contribution in [2.24, 2.45) is 5.10 Å². The second kappa shape index (κ2) is 6.29. The van der Waals surface area contributed by atoms with Gasteiger partial charge >= 0.3 is 0 Å². The van der Waals surface area contributed by atoms with Gasteiger partial charge in [-0.25, -0.2) is 4.98 Å². The van der Waals surface area contributed by atoms with Crippen LogP contribution in [0.5, 0.6) is 0 Å². The zero-order valence-corrected chi connectivity index (χ0v) is 12.4. The lowest BCUT2D eigenvalue weighted by Gasteiger charge is -2.11. The van der Waals surface area contributed by atoms with E-state index in [2.05, 4.69) is 15.5 Å². The molecule has 0 fully saturated rings. The highest BCUT2D eigenvalue weighted by Crippen LogP contribution is 2.14. The number of carbonyl (C=O) groups excluding carboxylic acids is 1. The lowest BCUT2D eigenvalue weighted by atomic mass is 10.1. The normalized spacial score (nSPS) is 10.8. The number of rotatable bonds is 4. The number of anilines is 1. The number of hydrazone groups is 1. The molecule has 0 atom stereocenters. The fourth-order valence-electron chi connectivity index (χ4n) is 1.61. The summed E-state index contributed by atoms with van der Waals surface area (Å²) in [5, 5.41) is 6.81. The van der Waals surface area contributed by atoms with E-state index in [1.807, 2.05) is 30.5 Å². The number of hydrogen-bond acceptors (Lipinski definition) is 5. The van der Waals surface area contributed by atoms with Crippen molar-refractivity contribution in [2.75, 3.05) is 19.5 Å². The van der Waals surface area contributed by atoms with Crippen LogP contribution in [0.2, 0.25) is 0 Å². The van der Waals surface area contributed by atoms with Gasteiger partial charge in [-0.1, -0.05) is 18.2 Å². The molecule has 0 unspecified atom stereocenters. The van der Waals surface area contributed by atoms with E-state index in [4.69, 9.17) is 0 Å². The highest BCUT2D eigenvalue weighted by Gasteiger charge is 2.11. The first-order valence-electron chi connectivity index (χ1n) is 6.10. The van der Waals surface area contributed by atoms with Crippen LogP contribution in [0.15, 0.2) is 34.7 Å². The molecule has 104 valence electrons. The largest absolute Gasteiger partial charge is 0.345 e. The standard InChI is InChI=1S/C14H16N4OS/c1-10-9-20-14(16-10)17-15-8-11-6-4-5-7-12(11)13(19)18(2)3/h4-9H,1-3H3,(H,16,17). The molecule has 2 rings (SSSR count). The lowest BCUT2D eigenvalue weighted by Crippen LogP contribution is -2.22. The van der Waals surface area contributed by atoms with Crippen molar-refractivity contribution in [3.8, 4) is 0 Å². The van der Waals surface area contributed by atoms with E-state index in [0.717, 1.165) is 16.4 Å². The molecule has 0 aliphatic carbocycles. The molecule has 0 saturated heterocycles. The number of carbonyl (C=O) groups is 1. The monoisotopic (exact) mass is 288 g/mol. The van der Waals surface area contributed by atoms with E-state index in [9.17, 15) is 4.79 Å². The summed E-state index contributed by atoms with van der Waals surface area (Å²) in [6, 6.07) is 7.36. The summed E-state index contributed by atoms with van der Waals surface area (Å²) < 4.78 is 0. The molecule has 0 aliphatic rings. The van der Waals surface area contributed by atoms with Crippen molar-refractivity contribution >= 4 is 28.6 Å². The lowest BCUT2D eigenvalue weighted by molar-refractivity contribution is 0.0827. The second-order valence-electron chi connectivity index (χ2n) is 4.45. The fraction of sp³-hybridized carbons (Fsp3) is 0.214. The Morgan fingerprint density at radius 3 is 2.80 bits per heavy atom. The van der Waals surface area contributed by atoms with Gasteiger partial charge < -0.3 is 4.90 Å². The fourth-order valence-corrected chi connectivity index (χ4v) is 2.24. The summed E-state index contributed by atoms with van der Waals surface area (Å²) in [7, 11) is 3.46. The Bertz CT molecular complexity index is 634. The van der Waals surface area contributed by atoms with Gasteiger partial charge in [0.05, 0.1) is 11.9 Å². The minimum Gasteiger partial charge on any atom is -0.345 e. The van der Waals surface area contributed by atoms with Crippen molar-refractivity contribution in [1.82, 2.24) is 9.88 Å². The first-order chi connectivity index (χ1) is 9.58. The third-order valence-electron chi connectivity index (χ3n) is 2.58. The van der Waals surface area contributed by atoms with E-state index in [1.165, 1.54) is 11.3 Å². The summed E-state index contributed by atoms with van der Waals surface area (Å²) in [4.78, 5) is 17.8. The molecule has 6 heteroatoms. The molecule has 1 aromatic heterocycles. The minimum absolute atomic E-state index is 0.0443. The van der Waals surface area contributed by atoms with Crippen LogP contribution in [0.4, 0.5) is 5.13 Å². The van der Waals surface area contributed by atoms with Crippen LogP contribution >= 0.6 is 11.3 Å². The first kappa shape index (κ1) is 14.2. The summed E-state index contributed by atoms with van der Waals surface area (Å²) in [6.45, 7) is 1.93. The van der Waals surface area contributed by atoms with Gasteiger partial charge in [0, 0.05) is 30.6 Å². The molecule has 0 bridgehead atoms. The van der Waals surface area contributed by atoms with Gasteiger partial charge in [0.15, 0.2) is 0 Å². The maximum absolute atomic E-state index is 12.0. The zero-order chi connectivity index (χ0) is 14.5. The molecule has 2 aromatic rings. The zero-order valence-electron chi connectivity index (χ0n) is 11.6. The number of aryl methyl sites for hydroxylation is 1. The van der Waals surface area contributed by atoms with Crippen molar-refractivity contribution in [2.45, 2.75) is 6.92 Å². The summed E-state index contributed by atoms with van der Waals surface area (Å²) >= 11 is 1.49. The number of hydrogen-bond donors (Lipinski definition) is 1. The van der Waals surface area contributed by atoms with E-state index in [0.29, 0.717) is 5.56 Å². The van der Waals surface area contributed by atoms with Crippen molar-refractivity contribution in [3.63, 3.8) is 0 Å². The summed E-state index contributed by atoms with van der Waals surface area (Å²) in [6.07, 6.45) is 1.63. The maximum atomic E-state index is 12.0. The van der Waals surface area contributed by atoms with Crippen LogP contribution < -0.4 is 5.43 Å². The van der Waals surface area contributed by atoms with Crippen LogP contribution in [-0.4, -0.2) is 36.1 Å². The average molecular weight is 288 g/mol. The molecule has 1 amide bonds. The SMILES string of the molecule is Cc1csc(NN=Cc2ccccc2C(=O)N(C)C)n1. The Kier molecular flexibility index (Phi) is 4.47. The number of benzene rings is 1. The van der Waals surface area contributed by atoms with E-state index in [-0.39, 0.29) is 5.91 Å². The third kappa shape index (κ3) is 3.42. The Hall–Kier alpha value is -2.21. The van der Waals surface area contributed by atoms with E-state index in [1.54, 1.807) is 31.3 Å². The van der Waals surface area contributed by atoms with Crippen molar-refractivity contribution in [3.05, 3.63) is 46.5 Å². The van der Waals surface area contributed by atoms with Crippen LogP contribution in [0.25, 0.3) is 0 Å². The third-order valence-corrected chi connectivity index (χ3v) is 3.45. The highest BCUT2D eigenvalue weighted by atomic mass is 32.1. The van der Waals surface area contributed by atoms with Gasteiger partial charge in [-0.2, -0.15) is 5.10 Å². The number of aromatic nitrogens is 1. The molecule has 20 heavy (non-hydrogen) atoms. The first-order valence-corrected chi connectivity index (χ1v) is 6.98. The Balaban J connectivity index is 2.15. The molecule has 0 aliphatic heterocycles. The molecule has 1 aromatic carbocycles. The van der Waals surface area contributed by atoms with Crippen LogP contribution in [-0.2, 0) is 0 Å².